The van der Waals surface area contributed by atoms with Gasteiger partial charge in [-0.3, -0.25) is 0 Å². The monoisotopic (exact) mass is 404 g/mol. The van der Waals surface area contributed by atoms with Crippen molar-refractivity contribution in [3.8, 4) is 11.1 Å². The first-order chi connectivity index (χ1) is 15.7. The SMILES string of the molecule is Cc1c(C)c2c3c4ccccc4ccc3c3c4ccccc4cc4c3c2c2c-4cccc12. The van der Waals surface area contributed by atoms with Crippen molar-refractivity contribution in [3.63, 3.8) is 0 Å². The van der Waals surface area contributed by atoms with E-state index in [4.69, 9.17) is 0 Å². The highest BCUT2D eigenvalue weighted by Gasteiger charge is 2.26. The molecule has 0 fully saturated rings. The minimum atomic E-state index is 1.31. The fourth-order valence-corrected chi connectivity index (χ4v) is 6.47. The predicted molar refractivity (Wildman–Crippen MR) is 140 cm³/mol. The summed E-state index contributed by atoms with van der Waals surface area (Å²) in [4.78, 5) is 0. The van der Waals surface area contributed by atoms with Crippen molar-refractivity contribution in [2.45, 2.75) is 13.8 Å². The van der Waals surface area contributed by atoms with Crippen LogP contribution in [0.1, 0.15) is 11.1 Å². The van der Waals surface area contributed by atoms with Crippen LogP contribution in [0.4, 0.5) is 0 Å². The van der Waals surface area contributed by atoms with E-state index in [1.54, 1.807) is 0 Å². The molecule has 8 rings (SSSR count). The maximum Gasteiger partial charge on any atom is -0.000454 e. The Morgan fingerprint density at radius 3 is 1.91 bits per heavy atom. The quantitative estimate of drug-likeness (QED) is 0.221. The third-order valence-electron chi connectivity index (χ3n) is 7.94. The van der Waals surface area contributed by atoms with Crippen LogP contribution in [0.25, 0.3) is 75.8 Å². The van der Waals surface area contributed by atoms with Crippen molar-refractivity contribution < 1.29 is 0 Å². The van der Waals surface area contributed by atoms with Gasteiger partial charge in [-0.25, -0.2) is 0 Å². The van der Waals surface area contributed by atoms with Gasteiger partial charge in [0.1, 0.15) is 0 Å². The molecule has 0 saturated carbocycles. The third-order valence-corrected chi connectivity index (χ3v) is 7.94. The molecule has 0 amide bonds. The first kappa shape index (κ1) is 16.8. The van der Waals surface area contributed by atoms with Crippen LogP contribution in [-0.2, 0) is 0 Å². The number of hydrogen-bond donors (Lipinski definition) is 0. The molecule has 0 radical (unpaired) electrons. The van der Waals surface area contributed by atoms with Gasteiger partial charge in [0.15, 0.2) is 0 Å². The van der Waals surface area contributed by atoms with Crippen molar-refractivity contribution in [2.75, 3.05) is 0 Å². The summed E-state index contributed by atoms with van der Waals surface area (Å²) in [5.41, 5.74) is 5.60. The van der Waals surface area contributed by atoms with Gasteiger partial charge in [0, 0.05) is 0 Å². The van der Waals surface area contributed by atoms with Gasteiger partial charge in [0.2, 0.25) is 0 Å². The molecule has 0 nitrogen and oxygen atoms in total. The van der Waals surface area contributed by atoms with Crippen LogP contribution < -0.4 is 0 Å². The molecule has 1 aliphatic carbocycles. The second kappa shape index (κ2) is 5.47. The van der Waals surface area contributed by atoms with Crippen molar-refractivity contribution in [1.82, 2.24) is 0 Å². The molecule has 7 aromatic rings. The summed E-state index contributed by atoms with van der Waals surface area (Å²) in [5.74, 6) is 0. The topological polar surface area (TPSA) is 0 Å². The van der Waals surface area contributed by atoms with Crippen LogP contribution in [0.3, 0.4) is 0 Å². The predicted octanol–water partition coefficient (Wildman–Crippen LogP) is 9.20. The summed E-state index contributed by atoms with van der Waals surface area (Å²) < 4.78 is 0. The maximum atomic E-state index is 2.42. The number of hydrogen-bond acceptors (Lipinski definition) is 0. The summed E-state index contributed by atoms with van der Waals surface area (Å²) in [5, 5.41) is 16.7. The largest absolute Gasteiger partial charge is 0.0616 e. The second-order valence-electron chi connectivity index (χ2n) is 9.33. The summed E-state index contributed by atoms with van der Waals surface area (Å²) in [6.07, 6.45) is 0. The molecule has 0 heterocycles. The van der Waals surface area contributed by atoms with Gasteiger partial charge in [-0.1, -0.05) is 78.9 Å². The normalized spacial score (nSPS) is 12.7. The lowest BCUT2D eigenvalue weighted by Gasteiger charge is -2.17. The summed E-state index contributed by atoms with van der Waals surface area (Å²) in [6.45, 7) is 4.62. The molecule has 0 heteroatoms. The minimum Gasteiger partial charge on any atom is -0.0616 e. The molecule has 0 saturated heterocycles. The molecule has 0 spiro atoms. The molecular weight excluding hydrogens is 384 g/mol. The average Bonchev–Trinajstić information content (AvgIpc) is 3.17. The molecule has 0 unspecified atom stereocenters. The Balaban J connectivity index is 1.89. The van der Waals surface area contributed by atoms with Gasteiger partial charge < -0.3 is 0 Å². The van der Waals surface area contributed by atoms with Gasteiger partial charge in [0.05, 0.1) is 0 Å². The van der Waals surface area contributed by atoms with Gasteiger partial charge in [-0.15, -0.1) is 0 Å². The Bertz CT molecular complexity index is 1980. The molecule has 0 aliphatic heterocycles. The summed E-state index contributed by atoms with van der Waals surface area (Å²) in [6, 6.07) is 31.7. The Kier molecular flexibility index (Phi) is 2.86. The van der Waals surface area contributed by atoms with Gasteiger partial charge in [-0.2, -0.15) is 0 Å². The fraction of sp³-hybridized carbons (Fsp3) is 0.0625. The van der Waals surface area contributed by atoms with Crippen molar-refractivity contribution in [3.05, 3.63) is 96.1 Å². The summed E-state index contributed by atoms with van der Waals surface area (Å²) >= 11 is 0. The van der Waals surface area contributed by atoms with E-state index in [1.165, 1.54) is 86.9 Å². The van der Waals surface area contributed by atoms with Crippen LogP contribution in [0.5, 0.6) is 0 Å². The van der Waals surface area contributed by atoms with Gasteiger partial charge in [-0.05, 0) is 107 Å². The minimum absolute atomic E-state index is 1.31. The van der Waals surface area contributed by atoms with E-state index in [-0.39, 0.29) is 0 Å². The van der Waals surface area contributed by atoms with Gasteiger partial charge in [0.25, 0.3) is 0 Å². The lowest BCUT2D eigenvalue weighted by molar-refractivity contribution is 1.42. The average molecular weight is 405 g/mol. The van der Waals surface area contributed by atoms with Crippen molar-refractivity contribution in [2.24, 2.45) is 0 Å². The molecule has 148 valence electrons. The highest BCUT2D eigenvalue weighted by molar-refractivity contribution is 6.46. The molecular formula is C32H20. The first-order valence-corrected chi connectivity index (χ1v) is 11.4. The third kappa shape index (κ3) is 1.74. The van der Waals surface area contributed by atoms with Gasteiger partial charge >= 0.3 is 0 Å². The lowest BCUT2D eigenvalue weighted by atomic mass is 9.85. The molecule has 32 heavy (non-hydrogen) atoms. The van der Waals surface area contributed by atoms with E-state index in [0.717, 1.165) is 0 Å². The molecule has 0 aromatic heterocycles. The Morgan fingerprint density at radius 1 is 0.375 bits per heavy atom. The number of fused-ring (bicyclic) bond motifs is 8. The zero-order chi connectivity index (χ0) is 21.1. The Hall–Kier alpha value is -3.90. The second-order valence-corrected chi connectivity index (χ2v) is 9.33. The van der Waals surface area contributed by atoms with E-state index in [9.17, 15) is 0 Å². The van der Waals surface area contributed by atoms with Crippen LogP contribution >= 0.6 is 0 Å². The van der Waals surface area contributed by atoms with E-state index in [2.05, 4.69) is 98.8 Å². The highest BCUT2D eigenvalue weighted by atomic mass is 14.3. The zero-order valence-electron chi connectivity index (χ0n) is 18.1. The smallest absolute Gasteiger partial charge is 0.000454 e. The molecule has 7 aromatic carbocycles. The Labute approximate surface area is 185 Å². The zero-order valence-corrected chi connectivity index (χ0v) is 18.1. The highest BCUT2D eigenvalue weighted by Crippen LogP contribution is 2.54. The first-order valence-electron chi connectivity index (χ1n) is 11.4. The van der Waals surface area contributed by atoms with E-state index < -0.39 is 0 Å². The maximum absolute atomic E-state index is 2.42. The van der Waals surface area contributed by atoms with E-state index >= 15 is 0 Å². The van der Waals surface area contributed by atoms with Crippen LogP contribution in [0.2, 0.25) is 0 Å². The lowest BCUT2D eigenvalue weighted by Crippen LogP contribution is -1.91. The fourth-order valence-electron chi connectivity index (χ4n) is 6.47. The van der Waals surface area contributed by atoms with E-state index in [1.807, 2.05) is 0 Å². The van der Waals surface area contributed by atoms with Crippen molar-refractivity contribution in [1.29, 1.82) is 0 Å². The molecule has 0 N–H and O–H groups in total. The molecule has 0 bridgehead atoms. The van der Waals surface area contributed by atoms with Crippen LogP contribution in [0, 0.1) is 13.8 Å². The molecule has 1 aliphatic rings. The standard InChI is InChI=1S/C32H20/c1-17-18(2)27-29-22-10-5-3-8-19(22)14-15-25(29)30-23-11-6-4-9-20(23)16-26-24-13-7-12-21(17)28(24)32(27)31(26)30/h3-16H,1-2H3. The Morgan fingerprint density at radius 2 is 1.06 bits per heavy atom. The summed E-state index contributed by atoms with van der Waals surface area (Å²) in [7, 11) is 0. The number of aryl methyl sites for hydroxylation is 2. The van der Waals surface area contributed by atoms with E-state index in [0.29, 0.717) is 0 Å². The van der Waals surface area contributed by atoms with Crippen LogP contribution in [0.15, 0.2) is 84.9 Å². The van der Waals surface area contributed by atoms with Crippen molar-refractivity contribution >= 4 is 64.6 Å². The van der Waals surface area contributed by atoms with Crippen LogP contribution in [-0.4, -0.2) is 0 Å². The molecule has 0 atom stereocenters. The number of benzene rings is 7. The number of rotatable bonds is 0.